The molecule has 1 aliphatic rings. The first-order valence-corrected chi connectivity index (χ1v) is 10.7. The zero-order valence-corrected chi connectivity index (χ0v) is 19.1. The van der Waals surface area contributed by atoms with Crippen LogP contribution in [-0.2, 0) is 6.42 Å². The fourth-order valence-electron chi connectivity index (χ4n) is 3.70. The standard InChI is InChI=1S/C25H24BrNO4/c1-4-16-11-22(28-2)23(29-3)12-17(16)10-21(27-18-8-6-5-7-9-18)19-13-24-25(14-20(19)26)31-15-30-24/h4-9,11-14,21,27H,1,10,15H2,2-3H3. The number of anilines is 1. The van der Waals surface area contributed by atoms with Gasteiger partial charge in [0.15, 0.2) is 23.0 Å². The number of nitrogens with one attached hydrogen (secondary N) is 1. The maximum atomic E-state index is 5.63. The Hall–Kier alpha value is -3.12. The minimum atomic E-state index is -0.0527. The van der Waals surface area contributed by atoms with E-state index in [9.17, 15) is 0 Å². The molecule has 3 aromatic rings. The number of ether oxygens (including phenoxy) is 4. The van der Waals surface area contributed by atoms with E-state index in [-0.39, 0.29) is 12.8 Å². The molecule has 0 aliphatic carbocycles. The first kappa shape index (κ1) is 21.1. The summed E-state index contributed by atoms with van der Waals surface area (Å²) in [5.74, 6) is 2.85. The molecule has 0 bridgehead atoms. The molecule has 6 heteroatoms. The molecular weight excluding hydrogens is 458 g/mol. The summed E-state index contributed by atoms with van der Waals surface area (Å²) in [6.45, 7) is 4.22. The molecule has 0 spiro atoms. The number of hydrogen-bond donors (Lipinski definition) is 1. The largest absolute Gasteiger partial charge is 0.493 e. The lowest BCUT2D eigenvalue weighted by molar-refractivity contribution is 0.174. The van der Waals surface area contributed by atoms with Crippen molar-refractivity contribution in [3.8, 4) is 23.0 Å². The fourth-order valence-corrected chi connectivity index (χ4v) is 4.30. The van der Waals surface area contributed by atoms with Gasteiger partial charge in [0.1, 0.15) is 0 Å². The molecule has 1 heterocycles. The van der Waals surface area contributed by atoms with Crippen molar-refractivity contribution in [1.29, 1.82) is 0 Å². The number of benzene rings is 3. The number of fused-ring (bicyclic) bond motifs is 1. The van der Waals surface area contributed by atoms with Gasteiger partial charge in [-0.1, -0.05) is 46.8 Å². The average molecular weight is 482 g/mol. The zero-order chi connectivity index (χ0) is 21.8. The molecule has 1 atom stereocenters. The van der Waals surface area contributed by atoms with Crippen molar-refractivity contribution in [2.45, 2.75) is 12.5 Å². The molecule has 3 aromatic carbocycles. The van der Waals surface area contributed by atoms with Crippen LogP contribution < -0.4 is 24.3 Å². The maximum absolute atomic E-state index is 5.63. The molecule has 0 aromatic heterocycles. The van der Waals surface area contributed by atoms with Gasteiger partial charge in [0.25, 0.3) is 0 Å². The van der Waals surface area contributed by atoms with Gasteiger partial charge in [-0.25, -0.2) is 0 Å². The first-order valence-electron chi connectivity index (χ1n) is 9.91. The van der Waals surface area contributed by atoms with E-state index in [0.29, 0.717) is 17.9 Å². The smallest absolute Gasteiger partial charge is 0.231 e. The van der Waals surface area contributed by atoms with Crippen LogP contribution in [0, 0.1) is 0 Å². The molecule has 0 saturated carbocycles. The average Bonchev–Trinajstić information content (AvgIpc) is 3.25. The maximum Gasteiger partial charge on any atom is 0.231 e. The minimum Gasteiger partial charge on any atom is -0.493 e. The summed E-state index contributed by atoms with van der Waals surface area (Å²) in [4.78, 5) is 0. The van der Waals surface area contributed by atoms with Crippen molar-refractivity contribution in [3.05, 3.63) is 82.3 Å². The lowest BCUT2D eigenvalue weighted by atomic mass is 9.94. The van der Waals surface area contributed by atoms with Gasteiger partial charge in [0, 0.05) is 10.2 Å². The molecule has 0 saturated heterocycles. The van der Waals surface area contributed by atoms with Crippen LogP contribution in [0.15, 0.2) is 65.6 Å². The van der Waals surface area contributed by atoms with E-state index < -0.39 is 0 Å². The van der Waals surface area contributed by atoms with Crippen molar-refractivity contribution in [1.82, 2.24) is 0 Å². The van der Waals surface area contributed by atoms with Crippen LogP contribution in [0.4, 0.5) is 5.69 Å². The molecule has 1 unspecified atom stereocenters. The number of para-hydroxylation sites is 1. The van der Waals surface area contributed by atoms with Crippen LogP contribution in [0.25, 0.3) is 6.08 Å². The Morgan fingerprint density at radius 2 is 1.71 bits per heavy atom. The second-order valence-corrected chi connectivity index (χ2v) is 7.96. The van der Waals surface area contributed by atoms with Crippen molar-refractivity contribution >= 4 is 27.7 Å². The molecular formula is C25H24BrNO4. The molecule has 0 fully saturated rings. The summed E-state index contributed by atoms with van der Waals surface area (Å²) in [6, 6.07) is 18.0. The van der Waals surface area contributed by atoms with Gasteiger partial charge in [-0.2, -0.15) is 0 Å². The SMILES string of the molecule is C=Cc1cc(OC)c(OC)cc1CC(Nc1ccccc1)c1cc2c(cc1Br)OCO2. The van der Waals surface area contributed by atoms with Crippen molar-refractivity contribution < 1.29 is 18.9 Å². The Morgan fingerprint density at radius 3 is 2.39 bits per heavy atom. The van der Waals surface area contributed by atoms with Crippen molar-refractivity contribution in [2.75, 3.05) is 26.3 Å². The van der Waals surface area contributed by atoms with E-state index in [2.05, 4.69) is 40.0 Å². The normalized spacial score (nSPS) is 12.9. The Kier molecular flexibility index (Phi) is 6.37. The quantitative estimate of drug-likeness (QED) is 0.412. The summed E-state index contributed by atoms with van der Waals surface area (Å²) in [5, 5.41) is 3.66. The van der Waals surface area contributed by atoms with Crippen LogP contribution in [0.1, 0.15) is 22.7 Å². The van der Waals surface area contributed by atoms with Gasteiger partial charge in [-0.05, 0) is 59.5 Å². The first-order chi connectivity index (χ1) is 15.1. The van der Waals surface area contributed by atoms with E-state index in [0.717, 1.165) is 38.3 Å². The van der Waals surface area contributed by atoms with E-state index >= 15 is 0 Å². The van der Waals surface area contributed by atoms with Gasteiger partial charge in [0.2, 0.25) is 6.79 Å². The highest BCUT2D eigenvalue weighted by atomic mass is 79.9. The topological polar surface area (TPSA) is 49.0 Å². The van der Waals surface area contributed by atoms with Gasteiger partial charge < -0.3 is 24.3 Å². The molecule has 1 aliphatic heterocycles. The summed E-state index contributed by atoms with van der Waals surface area (Å²) in [5.41, 5.74) is 4.18. The number of methoxy groups -OCH3 is 2. The van der Waals surface area contributed by atoms with E-state index in [4.69, 9.17) is 18.9 Å². The predicted molar refractivity (Wildman–Crippen MR) is 126 cm³/mol. The number of hydrogen-bond acceptors (Lipinski definition) is 5. The van der Waals surface area contributed by atoms with Crippen LogP contribution in [0.3, 0.4) is 0 Å². The third-order valence-corrected chi connectivity index (χ3v) is 5.96. The molecule has 1 N–H and O–H groups in total. The number of halogens is 1. The Morgan fingerprint density at radius 1 is 1.03 bits per heavy atom. The zero-order valence-electron chi connectivity index (χ0n) is 17.5. The van der Waals surface area contributed by atoms with Crippen LogP contribution in [-0.4, -0.2) is 21.0 Å². The third-order valence-electron chi connectivity index (χ3n) is 5.27. The molecule has 0 radical (unpaired) electrons. The van der Waals surface area contributed by atoms with Crippen LogP contribution >= 0.6 is 15.9 Å². The second-order valence-electron chi connectivity index (χ2n) is 7.10. The highest BCUT2D eigenvalue weighted by Gasteiger charge is 2.23. The van der Waals surface area contributed by atoms with Crippen LogP contribution in [0.2, 0.25) is 0 Å². The minimum absolute atomic E-state index is 0.0527. The van der Waals surface area contributed by atoms with E-state index in [1.165, 1.54) is 0 Å². The van der Waals surface area contributed by atoms with Gasteiger partial charge in [0.05, 0.1) is 20.3 Å². The summed E-state index contributed by atoms with van der Waals surface area (Å²) >= 11 is 3.72. The van der Waals surface area contributed by atoms with Crippen LogP contribution in [0.5, 0.6) is 23.0 Å². The lowest BCUT2D eigenvalue weighted by Gasteiger charge is -2.24. The number of rotatable bonds is 8. The highest BCUT2D eigenvalue weighted by Crippen LogP contribution is 2.41. The molecule has 0 amide bonds. The van der Waals surface area contributed by atoms with Gasteiger partial charge >= 0.3 is 0 Å². The summed E-state index contributed by atoms with van der Waals surface area (Å²) in [6.07, 6.45) is 2.53. The monoisotopic (exact) mass is 481 g/mol. The molecule has 5 nitrogen and oxygen atoms in total. The molecule has 31 heavy (non-hydrogen) atoms. The predicted octanol–water partition coefficient (Wildman–Crippen LogP) is 6.23. The van der Waals surface area contributed by atoms with Crippen molar-refractivity contribution in [2.24, 2.45) is 0 Å². The second kappa shape index (κ2) is 9.35. The molecule has 160 valence electrons. The Balaban J connectivity index is 1.76. The summed E-state index contributed by atoms with van der Waals surface area (Å²) in [7, 11) is 3.28. The highest BCUT2D eigenvalue weighted by molar-refractivity contribution is 9.10. The fraction of sp³-hybridized carbons (Fsp3) is 0.200. The lowest BCUT2D eigenvalue weighted by Crippen LogP contribution is -2.15. The van der Waals surface area contributed by atoms with E-state index in [1.807, 2.05) is 48.5 Å². The van der Waals surface area contributed by atoms with Crippen molar-refractivity contribution in [3.63, 3.8) is 0 Å². The third kappa shape index (κ3) is 4.49. The Bertz CT molecular complexity index is 1080. The summed E-state index contributed by atoms with van der Waals surface area (Å²) < 4.78 is 23.1. The molecule has 4 rings (SSSR count). The Labute approximate surface area is 190 Å². The van der Waals surface area contributed by atoms with Gasteiger partial charge in [-0.15, -0.1) is 0 Å². The van der Waals surface area contributed by atoms with Gasteiger partial charge in [-0.3, -0.25) is 0 Å². The van der Waals surface area contributed by atoms with E-state index in [1.54, 1.807) is 14.2 Å².